The third kappa shape index (κ3) is 2.56. The van der Waals surface area contributed by atoms with Crippen LogP contribution >= 0.6 is 0 Å². The lowest BCUT2D eigenvalue weighted by atomic mass is 9.69. The number of ketones is 1. The molecule has 27 heavy (non-hydrogen) atoms. The van der Waals surface area contributed by atoms with Crippen molar-refractivity contribution >= 4 is 11.8 Å². The molecule has 0 radical (unpaired) electrons. The van der Waals surface area contributed by atoms with Crippen molar-refractivity contribution in [3.05, 3.63) is 33.9 Å². The maximum atomic E-state index is 12.6. The number of nitriles is 2. The Bertz CT molecular complexity index is 911. The smallest absolute Gasteiger partial charge is 0.302 e. The van der Waals surface area contributed by atoms with E-state index >= 15 is 0 Å². The highest BCUT2D eigenvalue weighted by atomic mass is 16.5. The first-order chi connectivity index (χ1) is 12.9. The zero-order valence-corrected chi connectivity index (χ0v) is 15.5. The summed E-state index contributed by atoms with van der Waals surface area (Å²) in [7, 11) is 0. The van der Waals surface area contributed by atoms with Crippen LogP contribution < -0.4 is 5.32 Å². The first-order valence-corrected chi connectivity index (χ1v) is 9.29. The SMILES string of the molecule is CC(=O)OCC1=C2CC(C#N)(C#N)C3=C[C@H]4CC[C@H](N4)[C@@H]3C(C)=C2CC1=O. The maximum Gasteiger partial charge on any atom is 0.302 e. The summed E-state index contributed by atoms with van der Waals surface area (Å²) in [5.41, 5.74) is 2.74. The van der Waals surface area contributed by atoms with Gasteiger partial charge in [0, 0.05) is 43.3 Å². The Hall–Kier alpha value is -2.70. The average Bonchev–Trinajstić information content (AvgIpc) is 3.14. The number of nitrogens with one attached hydrogen (secondary N) is 1. The molecule has 2 heterocycles. The predicted octanol–water partition coefficient (Wildman–Crippen LogP) is 2.25. The van der Waals surface area contributed by atoms with Gasteiger partial charge in [0.15, 0.2) is 11.2 Å². The van der Waals surface area contributed by atoms with Crippen molar-refractivity contribution in [3.63, 3.8) is 0 Å². The molecule has 0 aromatic carbocycles. The molecule has 0 amide bonds. The fourth-order valence-electron chi connectivity index (χ4n) is 5.12. The van der Waals surface area contributed by atoms with Gasteiger partial charge < -0.3 is 10.1 Å². The summed E-state index contributed by atoms with van der Waals surface area (Å²) >= 11 is 0. The van der Waals surface area contributed by atoms with E-state index in [0.29, 0.717) is 5.57 Å². The van der Waals surface area contributed by atoms with Gasteiger partial charge in [-0.1, -0.05) is 11.6 Å². The van der Waals surface area contributed by atoms with Crippen molar-refractivity contribution in [2.45, 2.75) is 51.6 Å². The Balaban J connectivity index is 1.91. The molecular formula is C21H21N3O3. The van der Waals surface area contributed by atoms with Crippen molar-refractivity contribution in [2.24, 2.45) is 11.3 Å². The van der Waals surface area contributed by atoms with Gasteiger partial charge >= 0.3 is 5.97 Å². The number of hydrogen-bond acceptors (Lipinski definition) is 6. The Morgan fingerprint density at radius 2 is 2.07 bits per heavy atom. The molecule has 2 bridgehead atoms. The molecule has 0 saturated carbocycles. The second-order valence-corrected chi connectivity index (χ2v) is 7.86. The van der Waals surface area contributed by atoms with Gasteiger partial charge in [-0.15, -0.1) is 0 Å². The van der Waals surface area contributed by atoms with Crippen LogP contribution in [0.25, 0.3) is 0 Å². The molecule has 0 unspecified atom stereocenters. The Morgan fingerprint density at radius 1 is 1.33 bits per heavy atom. The molecule has 3 atom stereocenters. The van der Waals surface area contributed by atoms with Crippen LogP contribution in [-0.4, -0.2) is 30.4 Å². The van der Waals surface area contributed by atoms with E-state index < -0.39 is 11.4 Å². The molecule has 6 nitrogen and oxygen atoms in total. The number of ether oxygens (including phenoxy) is 1. The first kappa shape index (κ1) is 17.7. The number of rotatable bonds is 2. The van der Waals surface area contributed by atoms with Crippen molar-refractivity contribution in [2.75, 3.05) is 6.61 Å². The third-order valence-corrected chi connectivity index (χ3v) is 6.42. The zero-order valence-electron chi connectivity index (χ0n) is 15.5. The van der Waals surface area contributed by atoms with Crippen LogP contribution in [0.2, 0.25) is 0 Å². The van der Waals surface area contributed by atoms with Gasteiger partial charge in [0.1, 0.15) is 6.61 Å². The molecule has 4 aliphatic rings. The van der Waals surface area contributed by atoms with Gasteiger partial charge in [0.2, 0.25) is 0 Å². The number of carbonyl (C=O) groups excluding carboxylic acids is 2. The van der Waals surface area contributed by atoms with Crippen LogP contribution in [0, 0.1) is 34.0 Å². The molecule has 2 aliphatic heterocycles. The van der Waals surface area contributed by atoms with Gasteiger partial charge in [0.25, 0.3) is 0 Å². The predicted molar refractivity (Wildman–Crippen MR) is 95.8 cm³/mol. The highest BCUT2D eigenvalue weighted by Crippen LogP contribution is 2.53. The summed E-state index contributed by atoms with van der Waals surface area (Å²) in [6.07, 6.45) is 4.49. The molecule has 2 aliphatic carbocycles. The van der Waals surface area contributed by atoms with Gasteiger partial charge in [-0.25, -0.2) is 0 Å². The highest BCUT2D eigenvalue weighted by Gasteiger charge is 2.51. The van der Waals surface area contributed by atoms with Crippen molar-refractivity contribution in [1.29, 1.82) is 10.5 Å². The molecular weight excluding hydrogens is 342 g/mol. The van der Waals surface area contributed by atoms with Crippen LogP contribution in [0.15, 0.2) is 33.9 Å². The van der Waals surface area contributed by atoms with E-state index in [1.807, 2.05) is 6.92 Å². The topological polar surface area (TPSA) is 103 Å². The summed E-state index contributed by atoms with van der Waals surface area (Å²) in [5, 5.41) is 23.6. The van der Waals surface area contributed by atoms with E-state index in [9.17, 15) is 20.1 Å². The van der Waals surface area contributed by atoms with E-state index in [1.165, 1.54) is 6.92 Å². The van der Waals surface area contributed by atoms with E-state index in [2.05, 4.69) is 23.5 Å². The number of nitrogens with zero attached hydrogens (tertiary/aromatic N) is 2. The monoisotopic (exact) mass is 363 g/mol. The van der Waals surface area contributed by atoms with Gasteiger partial charge in [-0.05, 0) is 36.5 Å². The number of hydrogen-bond donors (Lipinski definition) is 1. The summed E-state index contributed by atoms with van der Waals surface area (Å²) in [6, 6.07) is 4.94. The van der Waals surface area contributed by atoms with Gasteiger partial charge in [0.05, 0.1) is 12.1 Å². The standard InChI is InChI=1S/C21H21N3O3/c1-11-14-6-19(26)16(8-27-12(2)25)15(14)7-21(9-22,10-23)17-5-13-3-4-18(24-13)20(11)17/h5,13,18,20,24H,3-4,6-8H2,1-2H3/t13-,18+,20-/m1/s1. The minimum absolute atomic E-state index is 0.0450. The number of esters is 1. The van der Waals surface area contributed by atoms with Crippen LogP contribution in [0.1, 0.15) is 39.5 Å². The Labute approximate surface area is 158 Å². The molecule has 1 saturated heterocycles. The molecule has 1 N–H and O–H groups in total. The fraction of sp³-hybridized carbons (Fsp3) is 0.524. The fourth-order valence-corrected chi connectivity index (χ4v) is 5.12. The summed E-state index contributed by atoms with van der Waals surface area (Å²) in [5.74, 6) is -0.578. The lowest BCUT2D eigenvalue weighted by Crippen LogP contribution is -2.43. The average molecular weight is 363 g/mol. The van der Waals surface area contributed by atoms with E-state index in [-0.39, 0.29) is 43.2 Å². The number of fused-ring (bicyclic) bond motifs is 5. The van der Waals surface area contributed by atoms with Gasteiger partial charge in [-0.2, -0.15) is 10.5 Å². The highest BCUT2D eigenvalue weighted by molar-refractivity contribution is 6.03. The van der Waals surface area contributed by atoms with E-state index in [0.717, 1.165) is 35.1 Å². The second-order valence-electron chi connectivity index (χ2n) is 7.86. The lowest BCUT2D eigenvalue weighted by molar-refractivity contribution is -0.140. The lowest BCUT2D eigenvalue weighted by Gasteiger charge is -2.36. The van der Waals surface area contributed by atoms with E-state index in [4.69, 9.17) is 4.74 Å². The molecule has 6 heteroatoms. The minimum Gasteiger partial charge on any atom is -0.461 e. The molecule has 0 spiro atoms. The second kappa shape index (κ2) is 6.18. The van der Waals surface area contributed by atoms with Crippen LogP contribution in [0.5, 0.6) is 0 Å². The van der Waals surface area contributed by atoms with Crippen LogP contribution in [0.3, 0.4) is 0 Å². The Kier molecular flexibility index (Phi) is 4.05. The number of carbonyl (C=O) groups is 2. The summed E-state index contributed by atoms with van der Waals surface area (Å²) in [6.45, 7) is 3.22. The molecule has 138 valence electrons. The first-order valence-electron chi connectivity index (χ1n) is 9.29. The number of allylic oxidation sites excluding steroid dienone is 2. The van der Waals surface area contributed by atoms with E-state index in [1.54, 1.807) is 0 Å². The largest absolute Gasteiger partial charge is 0.461 e. The maximum absolute atomic E-state index is 12.6. The molecule has 1 fully saturated rings. The minimum atomic E-state index is -1.29. The summed E-state index contributed by atoms with van der Waals surface area (Å²) < 4.78 is 5.09. The molecule has 0 aromatic rings. The molecule has 4 rings (SSSR count). The quantitative estimate of drug-likeness (QED) is 0.596. The third-order valence-electron chi connectivity index (χ3n) is 6.42. The zero-order chi connectivity index (χ0) is 19.3. The Morgan fingerprint density at radius 3 is 2.74 bits per heavy atom. The normalized spacial score (nSPS) is 30.7. The number of Topliss-reactive ketones (excluding diaryl/α,β-unsaturated/α-hetero) is 1. The van der Waals surface area contributed by atoms with Gasteiger partial charge in [-0.3, -0.25) is 9.59 Å². The van der Waals surface area contributed by atoms with Crippen molar-refractivity contribution < 1.29 is 14.3 Å². The summed E-state index contributed by atoms with van der Waals surface area (Å²) in [4.78, 5) is 23.9. The molecule has 0 aromatic heterocycles. The van der Waals surface area contributed by atoms with Crippen LogP contribution in [-0.2, 0) is 14.3 Å². The van der Waals surface area contributed by atoms with Crippen molar-refractivity contribution in [1.82, 2.24) is 5.32 Å². The van der Waals surface area contributed by atoms with Crippen molar-refractivity contribution in [3.8, 4) is 12.1 Å². The van der Waals surface area contributed by atoms with Crippen LogP contribution in [0.4, 0.5) is 0 Å².